The highest BCUT2D eigenvalue weighted by Gasteiger charge is 2.25. The lowest BCUT2D eigenvalue weighted by molar-refractivity contribution is -0.136. The molecule has 1 aromatic carbocycles. The number of carbonyl (C=O) groups is 1. The predicted octanol–water partition coefficient (Wildman–Crippen LogP) is 2.32. The van der Waals surface area contributed by atoms with Gasteiger partial charge in [0.1, 0.15) is 17.7 Å². The maximum absolute atomic E-state index is 11.6. The molecule has 0 spiro atoms. The summed E-state index contributed by atoms with van der Waals surface area (Å²) in [5.74, 6) is 1.52. The monoisotopic (exact) mass is 326 g/mol. The van der Waals surface area contributed by atoms with Crippen LogP contribution in [0.4, 0.5) is 5.82 Å². The van der Waals surface area contributed by atoms with Crippen molar-refractivity contribution in [3.63, 3.8) is 0 Å². The van der Waals surface area contributed by atoms with Crippen LogP contribution in [0.25, 0.3) is 0 Å². The Balaban J connectivity index is 1.72. The number of benzene rings is 1. The molecule has 1 aromatic heterocycles. The van der Waals surface area contributed by atoms with Crippen molar-refractivity contribution < 1.29 is 9.53 Å². The molecule has 2 heterocycles. The molecule has 1 amide bonds. The van der Waals surface area contributed by atoms with Gasteiger partial charge in [0.25, 0.3) is 0 Å². The first-order chi connectivity index (χ1) is 11.6. The highest BCUT2D eigenvalue weighted by molar-refractivity contribution is 5.73. The number of nitrogens with zero attached hydrogens (tertiary/aromatic N) is 3. The second kappa shape index (κ2) is 7.40. The predicted molar refractivity (Wildman–Crippen MR) is 91.5 cm³/mol. The maximum Gasteiger partial charge on any atom is 0.219 e. The first kappa shape index (κ1) is 16.4. The molecule has 6 heteroatoms. The molecule has 1 atom stereocenters. The second-order valence-corrected chi connectivity index (χ2v) is 5.89. The molecule has 1 saturated heterocycles. The van der Waals surface area contributed by atoms with Gasteiger partial charge in [-0.25, -0.2) is 9.97 Å². The summed E-state index contributed by atoms with van der Waals surface area (Å²) in [6.45, 7) is 5.84. The fourth-order valence-corrected chi connectivity index (χ4v) is 2.75. The molecule has 126 valence electrons. The van der Waals surface area contributed by atoms with E-state index in [9.17, 15) is 4.79 Å². The Morgan fingerprint density at radius 1 is 1.33 bits per heavy atom. The summed E-state index contributed by atoms with van der Waals surface area (Å²) in [5, 5.41) is 3.33. The van der Waals surface area contributed by atoms with Crippen LogP contribution in [-0.4, -0.2) is 40.5 Å². The molecule has 0 aliphatic carbocycles. The minimum atomic E-state index is -0.207. The van der Waals surface area contributed by atoms with Crippen molar-refractivity contribution in [1.82, 2.24) is 14.9 Å². The topological polar surface area (TPSA) is 67.3 Å². The maximum atomic E-state index is 11.6. The minimum absolute atomic E-state index is 0.0662. The van der Waals surface area contributed by atoms with E-state index in [0.717, 1.165) is 11.5 Å². The van der Waals surface area contributed by atoms with Gasteiger partial charge in [0.05, 0.1) is 18.8 Å². The molecular formula is C18H22N4O2. The number of amides is 1. The van der Waals surface area contributed by atoms with Gasteiger partial charge in [-0.3, -0.25) is 4.79 Å². The van der Waals surface area contributed by atoms with Gasteiger partial charge in [0.15, 0.2) is 0 Å². The third-order valence-electron chi connectivity index (χ3n) is 4.02. The fourth-order valence-electron chi connectivity index (χ4n) is 2.75. The van der Waals surface area contributed by atoms with Gasteiger partial charge in [-0.15, -0.1) is 0 Å². The van der Waals surface area contributed by atoms with Crippen LogP contribution in [0.5, 0.6) is 0 Å². The van der Waals surface area contributed by atoms with E-state index in [4.69, 9.17) is 4.74 Å². The largest absolute Gasteiger partial charge is 0.368 e. The Bertz CT molecular complexity index is 705. The van der Waals surface area contributed by atoms with E-state index in [1.54, 1.807) is 11.8 Å². The first-order valence-electron chi connectivity index (χ1n) is 8.12. The van der Waals surface area contributed by atoms with Crippen molar-refractivity contribution in [3.8, 4) is 0 Å². The summed E-state index contributed by atoms with van der Waals surface area (Å²) in [6, 6.07) is 12.1. The minimum Gasteiger partial charge on any atom is -0.368 e. The smallest absolute Gasteiger partial charge is 0.219 e. The highest BCUT2D eigenvalue weighted by atomic mass is 16.5. The summed E-state index contributed by atoms with van der Waals surface area (Å²) in [6.07, 6.45) is -0.207. The van der Waals surface area contributed by atoms with Gasteiger partial charge in [-0.2, -0.15) is 0 Å². The standard InChI is InChI=1S/C18H22N4O2/c1-13-20-16(17-12-22(14(2)23)8-9-24-17)10-18(21-13)19-11-15-6-4-3-5-7-15/h3-7,10,17H,8-9,11-12H2,1-2H3,(H,19,20,21)/t17-/m0/s1. The van der Waals surface area contributed by atoms with Crippen LogP contribution < -0.4 is 5.32 Å². The molecule has 0 saturated carbocycles. The van der Waals surface area contributed by atoms with Gasteiger partial charge in [0, 0.05) is 26.1 Å². The third-order valence-corrected chi connectivity index (χ3v) is 4.02. The molecule has 0 unspecified atom stereocenters. The van der Waals surface area contributed by atoms with E-state index in [2.05, 4.69) is 27.4 Å². The average Bonchev–Trinajstić information content (AvgIpc) is 2.60. The molecular weight excluding hydrogens is 304 g/mol. The van der Waals surface area contributed by atoms with Crippen molar-refractivity contribution in [1.29, 1.82) is 0 Å². The first-order valence-corrected chi connectivity index (χ1v) is 8.12. The average molecular weight is 326 g/mol. The van der Waals surface area contributed by atoms with Crippen LogP contribution in [0.2, 0.25) is 0 Å². The summed E-state index contributed by atoms with van der Waals surface area (Å²) in [5.41, 5.74) is 2.00. The Kier molecular flexibility index (Phi) is 5.05. The zero-order valence-electron chi connectivity index (χ0n) is 14.0. The number of carbonyl (C=O) groups excluding carboxylic acids is 1. The molecule has 24 heavy (non-hydrogen) atoms. The Labute approximate surface area is 141 Å². The van der Waals surface area contributed by atoms with Crippen molar-refractivity contribution in [2.45, 2.75) is 26.5 Å². The number of anilines is 1. The normalized spacial score (nSPS) is 17.6. The lowest BCUT2D eigenvalue weighted by Gasteiger charge is -2.32. The van der Waals surface area contributed by atoms with Crippen LogP contribution in [0, 0.1) is 6.92 Å². The van der Waals surface area contributed by atoms with Crippen LogP contribution >= 0.6 is 0 Å². The highest BCUT2D eigenvalue weighted by Crippen LogP contribution is 2.23. The van der Waals surface area contributed by atoms with Crippen LogP contribution in [0.1, 0.15) is 30.1 Å². The van der Waals surface area contributed by atoms with Gasteiger partial charge in [-0.1, -0.05) is 30.3 Å². The summed E-state index contributed by atoms with van der Waals surface area (Å²) >= 11 is 0. The third kappa shape index (κ3) is 4.08. The van der Waals surface area contributed by atoms with Crippen molar-refractivity contribution in [3.05, 3.63) is 53.5 Å². The number of ether oxygens (including phenoxy) is 1. The zero-order valence-corrected chi connectivity index (χ0v) is 14.0. The number of aryl methyl sites for hydroxylation is 1. The zero-order chi connectivity index (χ0) is 16.9. The number of morpholine rings is 1. The molecule has 0 radical (unpaired) electrons. The molecule has 1 N–H and O–H groups in total. The molecule has 6 nitrogen and oxygen atoms in total. The fraction of sp³-hybridized carbons (Fsp3) is 0.389. The molecule has 1 aliphatic rings. The molecule has 1 aliphatic heterocycles. The Hall–Kier alpha value is -2.47. The SMILES string of the molecule is CC(=O)N1CCO[C@H](c2cc(NCc3ccccc3)nc(C)n2)C1. The van der Waals surface area contributed by atoms with Crippen LogP contribution in [0.3, 0.4) is 0 Å². The summed E-state index contributed by atoms with van der Waals surface area (Å²) in [4.78, 5) is 22.3. The van der Waals surface area contributed by atoms with Crippen LogP contribution in [-0.2, 0) is 16.1 Å². The lowest BCUT2D eigenvalue weighted by atomic mass is 10.2. The van der Waals surface area contributed by atoms with Crippen molar-refractivity contribution in [2.24, 2.45) is 0 Å². The number of aromatic nitrogens is 2. The van der Waals surface area contributed by atoms with E-state index < -0.39 is 0 Å². The van der Waals surface area contributed by atoms with E-state index >= 15 is 0 Å². The van der Waals surface area contributed by atoms with E-state index in [-0.39, 0.29) is 12.0 Å². The quantitative estimate of drug-likeness (QED) is 0.934. The number of hydrogen-bond acceptors (Lipinski definition) is 5. The van der Waals surface area contributed by atoms with Crippen molar-refractivity contribution >= 4 is 11.7 Å². The van der Waals surface area contributed by atoms with Crippen LogP contribution in [0.15, 0.2) is 36.4 Å². The second-order valence-electron chi connectivity index (χ2n) is 5.89. The van der Waals surface area contributed by atoms with Crippen molar-refractivity contribution in [2.75, 3.05) is 25.0 Å². The van der Waals surface area contributed by atoms with E-state index in [1.807, 2.05) is 31.2 Å². The van der Waals surface area contributed by atoms with Gasteiger partial charge in [0.2, 0.25) is 5.91 Å². The molecule has 3 rings (SSSR count). The van der Waals surface area contributed by atoms with Gasteiger partial charge >= 0.3 is 0 Å². The summed E-state index contributed by atoms with van der Waals surface area (Å²) in [7, 11) is 0. The molecule has 2 aromatic rings. The summed E-state index contributed by atoms with van der Waals surface area (Å²) < 4.78 is 5.81. The lowest BCUT2D eigenvalue weighted by Crippen LogP contribution is -2.41. The van der Waals surface area contributed by atoms with Gasteiger partial charge < -0.3 is 15.0 Å². The van der Waals surface area contributed by atoms with Gasteiger partial charge in [-0.05, 0) is 12.5 Å². The number of nitrogens with one attached hydrogen (secondary N) is 1. The number of hydrogen-bond donors (Lipinski definition) is 1. The van der Waals surface area contributed by atoms with E-state index in [1.165, 1.54) is 5.56 Å². The van der Waals surface area contributed by atoms with E-state index in [0.29, 0.717) is 32.1 Å². The Morgan fingerprint density at radius 3 is 2.88 bits per heavy atom. The molecule has 1 fully saturated rings. The number of rotatable bonds is 4. The Morgan fingerprint density at radius 2 is 2.12 bits per heavy atom. The molecule has 0 bridgehead atoms.